The van der Waals surface area contributed by atoms with Crippen LogP contribution in [-0.4, -0.2) is 53.8 Å². The summed E-state index contributed by atoms with van der Waals surface area (Å²) in [5.74, 6) is 0.999. The lowest BCUT2D eigenvalue weighted by Gasteiger charge is -2.37. The second-order valence-electron chi connectivity index (χ2n) is 5.62. The normalized spacial score (nSPS) is 16.0. The molecular formula is C16H24N6S. The Bertz CT molecular complexity index is 625. The fourth-order valence-corrected chi connectivity index (χ4v) is 3.49. The van der Waals surface area contributed by atoms with E-state index in [0.717, 1.165) is 49.9 Å². The maximum Gasteiger partial charge on any atom is 0.194 e. The molecule has 1 fully saturated rings. The average Bonchev–Trinajstić information content (AvgIpc) is 3.24. The summed E-state index contributed by atoms with van der Waals surface area (Å²) in [6, 6.07) is 4.31. The standard InChI is InChI=1S/C16H24N6S/c1-3-17-16(18-11-14-12-19-20-13(14)2)22-8-6-21(7-9-22)15-5-4-10-23-15/h4-5,10,12H,3,6-9,11H2,1-2H3,(H,17,18)(H,19,20). The highest BCUT2D eigenvalue weighted by atomic mass is 32.1. The SMILES string of the molecule is CCNC(=NCc1cn[nH]c1C)N1CCN(c2cccs2)CC1. The van der Waals surface area contributed by atoms with Gasteiger partial charge in [0.15, 0.2) is 5.96 Å². The molecule has 0 atom stereocenters. The van der Waals surface area contributed by atoms with Gasteiger partial charge in [0, 0.05) is 44.0 Å². The number of hydrogen-bond donors (Lipinski definition) is 2. The van der Waals surface area contributed by atoms with Gasteiger partial charge >= 0.3 is 0 Å². The van der Waals surface area contributed by atoms with E-state index in [0.29, 0.717) is 6.54 Å². The van der Waals surface area contributed by atoms with Crippen LogP contribution in [0.1, 0.15) is 18.2 Å². The van der Waals surface area contributed by atoms with Crippen molar-refractivity contribution >= 4 is 22.3 Å². The van der Waals surface area contributed by atoms with E-state index >= 15 is 0 Å². The van der Waals surface area contributed by atoms with Gasteiger partial charge in [0.2, 0.25) is 0 Å². The molecule has 7 heteroatoms. The van der Waals surface area contributed by atoms with Crippen molar-refractivity contribution in [3.8, 4) is 0 Å². The Labute approximate surface area is 141 Å². The van der Waals surface area contributed by atoms with E-state index < -0.39 is 0 Å². The van der Waals surface area contributed by atoms with E-state index in [9.17, 15) is 0 Å². The lowest BCUT2D eigenvalue weighted by atomic mass is 10.3. The highest BCUT2D eigenvalue weighted by Gasteiger charge is 2.20. The van der Waals surface area contributed by atoms with E-state index in [2.05, 4.69) is 49.8 Å². The topological polar surface area (TPSA) is 59.6 Å². The molecular weight excluding hydrogens is 308 g/mol. The number of aryl methyl sites for hydroxylation is 1. The first-order valence-electron chi connectivity index (χ1n) is 8.08. The molecule has 2 aromatic heterocycles. The molecule has 0 amide bonds. The van der Waals surface area contributed by atoms with Gasteiger partial charge in [0.05, 0.1) is 17.7 Å². The number of aromatic amines is 1. The molecule has 0 radical (unpaired) electrons. The quantitative estimate of drug-likeness (QED) is 0.665. The number of guanidine groups is 1. The van der Waals surface area contributed by atoms with Crippen molar-refractivity contribution in [3.05, 3.63) is 35.0 Å². The van der Waals surface area contributed by atoms with Gasteiger partial charge in [0.25, 0.3) is 0 Å². The Balaban J connectivity index is 1.62. The Morgan fingerprint density at radius 2 is 2.22 bits per heavy atom. The van der Waals surface area contributed by atoms with Gasteiger partial charge in [-0.25, -0.2) is 4.99 Å². The molecule has 0 bridgehead atoms. The van der Waals surface area contributed by atoms with Gasteiger partial charge in [0.1, 0.15) is 0 Å². The first-order chi connectivity index (χ1) is 11.3. The van der Waals surface area contributed by atoms with Crippen LogP contribution < -0.4 is 10.2 Å². The zero-order chi connectivity index (χ0) is 16.1. The largest absolute Gasteiger partial charge is 0.360 e. The monoisotopic (exact) mass is 332 g/mol. The minimum Gasteiger partial charge on any atom is -0.360 e. The van der Waals surface area contributed by atoms with E-state index in [-0.39, 0.29) is 0 Å². The van der Waals surface area contributed by atoms with Gasteiger partial charge < -0.3 is 15.1 Å². The molecule has 6 nitrogen and oxygen atoms in total. The Hall–Kier alpha value is -2.02. The molecule has 2 N–H and O–H groups in total. The van der Waals surface area contributed by atoms with Gasteiger partial charge in [-0.2, -0.15) is 5.10 Å². The summed E-state index contributed by atoms with van der Waals surface area (Å²) in [6.45, 7) is 9.75. The zero-order valence-electron chi connectivity index (χ0n) is 13.7. The Kier molecular flexibility index (Phi) is 5.17. The van der Waals surface area contributed by atoms with Crippen LogP contribution in [0, 0.1) is 6.92 Å². The number of H-pyrrole nitrogens is 1. The second kappa shape index (κ2) is 7.50. The highest BCUT2D eigenvalue weighted by Crippen LogP contribution is 2.22. The van der Waals surface area contributed by atoms with Crippen LogP contribution in [0.25, 0.3) is 0 Å². The molecule has 3 heterocycles. The maximum atomic E-state index is 4.78. The number of aromatic nitrogens is 2. The fourth-order valence-electron chi connectivity index (χ4n) is 2.71. The number of nitrogens with one attached hydrogen (secondary N) is 2. The Morgan fingerprint density at radius 1 is 1.39 bits per heavy atom. The molecule has 2 aromatic rings. The molecule has 3 rings (SSSR count). The van der Waals surface area contributed by atoms with Crippen LogP contribution in [-0.2, 0) is 6.54 Å². The van der Waals surface area contributed by atoms with Crippen LogP contribution in [0.5, 0.6) is 0 Å². The van der Waals surface area contributed by atoms with Crippen LogP contribution in [0.15, 0.2) is 28.7 Å². The molecule has 0 spiro atoms. The maximum absolute atomic E-state index is 4.78. The number of thiophene rings is 1. The van der Waals surface area contributed by atoms with Crippen molar-refractivity contribution in [2.45, 2.75) is 20.4 Å². The summed E-state index contributed by atoms with van der Waals surface area (Å²) in [4.78, 5) is 9.58. The molecule has 23 heavy (non-hydrogen) atoms. The molecule has 1 aliphatic heterocycles. The lowest BCUT2D eigenvalue weighted by molar-refractivity contribution is 0.373. The minimum atomic E-state index is 0.663. The van der Waals surface area contributed by atoms with Gasteiger partial charge in [-0.3, -0.25) is 5.10 Å². The second-order valence-corrected chi connectivity index (χ2v) is 6.54. The number of hydrogen-bond acceptors (Lipinski definition) is 4. The molecule has 124 valence electrons. The molecule has 0 aliphatic carbocycles. The number of piperazine rings is 1. The lowest BCUT2D eigenvalue weighted by Crippen LogP contribution is -2.52. The molecule has 0 aromatic carbocycles. The van der Waals surface area contributed by atoms with E-state index in [1.165, 1.54) is 5.00 Å². The third kappa shape index (κ3) is 3.85. The van der Waals surface area contributed by atoms with Crippen LogP contribution in [0.3, 0.4) is 0 Å². The zero-order valence-corrected chi connectivity index (χ0v) is 14.6. The molecule has 1 aliphatic rings. The average molecular weight is 332 g/mol. The third-order valence-corrected chi connectivity index (χ3v) is 4.99. The van der Waals surface area contributed by atoms with Gasteiger partial charge in [-0.15, -0.1) is 11.3 Å². The van der Waals surface area contributed by atoms with Crippen molar-refractivity contribution in [2.75, 3.05) is 37.6 Å². The molecule has 0 saturated carbocycles. The number of rotatable bonds is 4. The summed E-state index contributed by atoms with van der Waals surface area (Å²) in [6.07, 6.45) is 1.86. The highest BCUT2D eigenvalue weighted by molar-refractivity contribution is 7.14. The van der Waals surface area contributed by atoms with Crippen LogP contribution >= 0.6 is 11.3 Å². The third-order valence-electron chi connectivity index (χ3n) is 4.07. The smallest absolute Gasteiger partial charge is 0.194 e. The van der Waals surface area contributed by atoms with E-state index in [4.69, 9.17) is 4.99 Å². The summed E-state index contributed by atoms with van der Waals surface area (Å²) in [5, 5.41) is 13.9. The fraction of sp³-hybridized carbons (Fsp3) is 0.500. The first kappa shape index (κ1) is 15.9. The van der Waals surface area contributed by atoms with Crippen molar-refractivity contribution in [2.24, 2.45) is 4.99 Å². The molecule has 0 unspecified atom stereocenters. The van der Waals surface area contributed by atoms with E-state index in [1.54, 1.807) is 0 Å². The number of anilines is 1. The van der Waals surface area contributed by atoms with Crippen molar-refractivity contribution in [1.29, 1.82) is 0 Å². The summed E-state index contributed by atoms with van der Waals surface area (Å²) in [5.41, 5.74) is 2.24. The summed E-state index contributed by atoms with van der Waals surface area (Å²) >= 11 is 1.81. The van der Waals surface area contributed by atoms with Crippen LogP contribution in [0.2, 0.25) is 0 Å². The van der Waals surface area contributed by atoms with Crippen molar-refractivity contribution in [3.63, 3.8) is 0 Å². The predicted octanol–water partition coefficient (Wildman–Crippen LogP) is 2.07. The molecule has 1 saturated heterocycles. The first-order valence-corrected chi connectivity index (χ1v) is 8.96. The van der Waals surface area contributed by atoms with Gasteiger partial charge in [-0.1, -0.05) is 0 Å². The Morgan fingerprint density at radius 3 is 2.83 bits per heavy atom. The van der Waals surface area contributed by atoms with Gasteiger partial charge in [-0.05, 0) is 31.4 Å². The van der Waals surface area contributed by atoms with Crippen LogP contribution in [0.4, 0.5) is 5.00 Å². The number of aliphatic imine (C=N–C) groups is 1. The minimum absolute atomic E-state index is 0.663. The van der Waals surface area contributed by atoms with Crippen molar-refractivity contribution in [1.82, 2.24) is 20.4 Å². The number of nitrogens with zero attached hydrogens (tertiary/aromatic N) is 4. The summed E-state index contributed by atoms with van der Waals surface area (Å²) < 4.78 is 0. The summed E-state index contributed by atoms with van der Waals surface area (Å²) in [7, 11) is 0. The predicted molar refractivity (Wildman–Crippen MR) is 96.2 cm³/mol. The van der Waals surface area contributed by atoms with E-state index in [1.807, 2.05) is 24.5 Å². The van der Waals surface area contributed by atoms with Crippen molar-refractivity contribution < 1.29 is 0 Å².